The van der Waals surface area contributed by atoms with Gasteiger partial charge in [0.05, 0.1) is 16.1 Å². The molecular weight excluding hydrogens is 395 g/mol. The number of anilines is 1. The Hall–Kier alpha value is -2.45. The molecule has 6 nitrogen and oxygen atoms in total. The lowest BCUT2D eigenvalue weighted by molar-refractivity contribution is -0.123. The highest BCUT2D eigenvalue weighted by molar-refractivity contribution is 7.17. The van der Waals surface area contributed by atoms with E-state index in [0.717, 1.165) is 41.8 Å². The largest absolute Gasteiger partial charge is 0.449 e. The molecule has 0 radical (unpaired) electrons. The summed E-state index contributed by atoms with van der Waals surface area (Å²) in [6.07, 6.45) is 1.37. The van der Waals surface area contributed by atoms with Crippen LogP contribution in [0, 0.1) is 5.82 Å². The van der Waals surface area contributed by atoms with E-state index in [1.54, 1.807) is 0 Å². The van der Waals surface area contributed by atoms with Crippen LogP contribution in [0.5, 0.6) is 0 Å². The molecule has 27 heavy (non-hydrogen) atoms. The molecule has 1 unspecified atom stereocenters. The van der Waals surface area contributed by atoms with Crippen LogP contribution in [0.25, 0.3) is 0 Å². The normalized spacial score (nSPS) is 13.7. The first-order valence-electron chi connectivity index (χ1n) is 8.19. The minimum Gasteiger partial charge on any atom is -0.449 e. The third kappa shape index (κ3) is 3.96. The Labute approximate surface area is 163 Å². The molecule has 0 fully saturated rings. The van der Waals surface area contributed by atoms with Crippen molar-refractivity contribution in [3.05, 3.63) is 50.6 Å². The lowest BCUT2D eigenvalue weighted by Crippen LogP contribution is -2.30. The molecule has 0 bridgehead atoms. The average Bonchev–Trinajstić information content (AvgIpc) is 3.14. The number of hydrogen-bond donors (Lipinski definition) is 2. The van der Waals surface area contributed by atoms with Crippen LogP contribution in [0.1, 0.15) is 44.5 Å². The van der Waals surface area contributed by atoms with Gasteiger partial charge in [0.1, 0.15) is 10.8 Å². The monoisotopic (exact) mass is 410 g/mol. The van der Waals surface area contributed by atoms with Crippen molar-refractivity contribution in [2.75, 3.05) is 5.32 Å². The van der Waals surface area contributed by atoms with Crippen LogP contribution in [-0.4, -0.2) is 23.9 Å². The van der Waals surface area contributed by atoms with Gasteiger partial charge in [0.2, 0.25) is 0 Å². The molecule has 0 saturated heterocycles. The number of ether oxygens (including phenoxy) is 1. The molecule has 1 aromatic carbocycles. The number of amides is 2. The maximum Gasteiger partial charge on any atom is 0.340 e. The molecule has 1 atom stereocenters. The Morgan fingerprint density at radius 1 is 1.33 bits per heavy atom. The third-order valence-electron chi connectivity index (χ3n) is 4.21. The van der Waals surface area contributed by atoms with Crippen molar-refractivity contribution >= 4 is 45.7 Å². The van der Waals surface area contributed by atoms with Crippen LogP contribution in [0.4, 0.5) is 9.39 Å². The Balaban J connectivity index is 1.71. The van der Waals surface area contributed by atoms with Crippen LogP contribution < -0.4 is 11.1 Å². The first-order chi connectivity index (χ1) is 12.8. The van der Waals surface area contributed by atoms with E-state index in [9.17, 15) is 18.8 Å². The average molecular weight is 411 g/mol. The van der Waals surface area contributed by atoms with Crippen LogP contribution in [0.3, 0.4) is 0 Å². The lowest BCUT2D eigenvalue weighted by atomic mass is 10.1. The van der Waals surface area contributed by atoms with Gasteiger partial charge >= 0.3 is 5.97 Å². The zero-order chi connectivity index (χ0) is 19.7. The summed E-state index contributed by atoms with van der Waals surface area (Å²) in [5, 5.41) is 2.86. The van der Waals surface area contributed by atoms with Gasteiger partial charge in [-0.05, 0) is 49.9 Å². The first kappa shape index (κ1) is 19.3. The molecule has 2 aromatic rings. The Morgan fingerprint density at radius 3 is 2.74 bits per heavy atom. The number of thiophene rings is 1. The van der Waals surface area contributed by atoms with Crippen molar-refractivity contribution < 1.29 is 23.5 Å². The van der Waals surface area contributed by atoms with E-state index < -0.39 is 29.7 Å². The number of aryl methyl sites for hydroxylation is 1. The number of carbonyl (C=O) groups is 3. The topological polar surface area (TPSA) is 98.5 Å². The molecule has 0 saturated carbocycles. The fourth-order valence-corrected chi connectivity index (χ4v) is 4.44. The lowest BCUT2D eigenvalue weighted by Gasteiger charge is -2.14. The van der Waals surface area contributed by atoms with Gasteiger partial charge in [-0.1, -0.05) is 11.6 Å². The van der Waals surface area contributed by atoms with Gasteiger partial charge in [0.25, 0.3) is 11.8 Å². The highest BCUT2D eigenvalue weighted by Gasteiger charge is 2.28. The summed E-state index contributed by atoms with van der Waals surface area (Å²) in [7, 11) is 0. The van der Waals surface area contributed by atoms with E-state index in [0.29, 0.717) is 10.6 Å². The van der Waals surface area contributed by atoms with Gasteiger partial charge in [-0.15, -0.1) is 11.3 Å². The first-order valence-corrected chi connectivity index (χ1v) is 9.38. The molecule has 1 heterocycles. The molecule has 3 rings (SSSR count). The van der Waals surface area contributed by atoms with Crippen molar-refractivity contribution in [1.82, 2.24) is 0 Å². The van der Waals surface area contributed by atoms with E-state index in [1.165, 1.54) is 24.3 Å². The van der Waals surface area contributed by atoms with Crippen LogP contribution in [0.15, 0.2) is 18.2 Å². The minimum atomic E-state index is -1.16. The minimum absolute atomic E-state index is 0.0503. The highest BCUT2D eigenvalue weighted by atomic mass is 35.5. The number of hydrogen-bond acceptors (Lipinski definition) is 5. The number of benzene rings is 1. The molecule has 1 aliphatic carbocycles. The molecule has 0 spiro atoms. The third-order valence-corrected chi connectivity index (χ3v) is 5.73. The number of nitrogens with two attached hydrogens (primary N) is 1. The summed E-state index contributed by atoms with van der Waals surface area (Å²) in [5.41, 5.74) is 6.61. The van der Waals surface area contributed by atoms with Crippen molar-refractivity contribution in [2.45, 2.75) is 32.3 Å². The van der Waals surface area contributed by atoms with Crippen LogP contribution >= 0.6 is 22.9 Å². The van der Waals surface area contributed by atoms with E-state index in [4.69, 9.17) is 22.1 Å². The van der Waals surface area contributed by atoms with Crippen molar-refractivity contribution in [1.29, 1.82) is 0 Å². The SMILES string of the molecule is CC(OC(=O)c1ccc(F)cc1Cl)C(=O)Nc1sc2c(c1C(N)=O)CCC2. The number of fused-ring (bicyclic) bond motifs is 1. The smallest absolute Gasteiger partial charge is 0.340 e. The number of halogens is 2. The number of rotatable bonds is 5. The number of nitrogens with one attached hydrogen (secondary N) is 1. The number of primary amides is 1. The molecule has 3 N–H and O–H groups in total. The summed E-state index contributed by atoms with van der Waals surface area (Å²) >= 11 is 7.13. The van der Waals surface area contributed by atoms with Crippen molar-refractivity contribution in [3.8, 4) is 0 Å². The predicted octanol–water partition coefficient (Wildman–Crippen LogP) is 3.31. The predicted molar refractivity (Wildman–Crippen MR) is 99.8 cm³/mol. The second kappa shape index (κ2) is 7.66. The van der Waals surface area contributed by atoms with Gasteiger partial charge in [0.15, 0.2) is 6.10 Å². The second-order valence-corrected chi connectivity index (χ2v) is 7.60. The summed E-state index contributed by atoms with van der Waals surface area (Å²) < 4.78 is 18.2. The molecule has 9 heteroatoms. The molecule has 0 aliphatic heterocycles. The molecule has 142 valence electrons. The maximum atomic E-state index is 13.1. The van der Waals surface area contributed by atoms with Gasteiger partial charge in [-0.25, -0.2) is 9.18 Å². The fraction of sp³-hybridized carbons (Fsp3) is 0.278. The highest BCUT2D eigenvalue weighted by Crippen LogP contribution is 2.38. The molecule has 2 amide bonds. The van der Waals surface area contributed by atoms with Gasteiger partial charge in [-0.2, -0.15) is 0 Å². The summed E-state index contributed by atoms with van der Waals surface area (Å²) in [6, 6.07) is 3.23. The van der Waals surface area contributed by atoms with E-state index in [2.05, 4.69) is 5.32 Å². The van der Waals surface area contributed by atoms with E-state index in [1.807, 2.05) is 0 Å². The standard InChI is InChI=1S/C18H16ClFN2O4S/c1-8(26-18(25)10-6-5-9(20)7-12(10)19)16(24)22-17-14(15(21)23)11-3-2-4-13(11)27-17/h5-8H,2-4H2,1H3,(H2,21,23)(H,22,24). The number of carbonyl (C=O) groups excluding carboxylic acids is 3. The quantitative estimate of drug-likeness (QED) is 0.738. The van der Waals surface area contributed by atoms with Crippen LogP contribution in [-0.2, 0) is 22.4 Å². The van der Waals surface area contributed by atoms with Crippen molar-refractivity contribution in [2.24, 2.45) is 5.73 Å². The molecular formula is C18H16ClFN2O4S. The molecule has 1 aromatic heterocycles. The molecule has 1 aliphatic rings. The Bertz CT molecular complexity index is 944. The summed E-state index contributed by atoms with van der Waals surface area (Å²) in [6.45, 7) is 1.38. The summed E-state index contributed by atoms with van der Waals surface area (Å²) in [4.78, 5) is 37.3. The Morgan fingerprint density at radius 2 is 2.07 bits per heavy atom. The summed E-state index contributed by atoms with van der Waals surface area (Å²) in [5.74, 6) is -2.66. The zero-order valence-electron chi connectivity index (χ0n) is 14.3. The van der Waals surface area contributed by atoms with Gasteiger partial charge < -0.3 is 15.8 Å². The fourth-order valence-electron chi connectivity index (χ4n) is 2.90. The van der Waals surface area contributed by atoms with Crippen LogP contribution in [0.2, 0.25) is 5.02 Å². The van der Waals surface area contributed by atoms with E-state index in [-0.39, 0.29) is 10.6 Å². The van der Waals surface area contributed by atoms with E-state index >= 15 is 0 Å². The number of esters is 1. The second-order valence-electron chi connectivity index (χ2n) is 6.09. The zero-order valence-corrected chi connectivity index (χ0v) is 15.9. The van der Waals surface area contributed by atoms with Crippen molar-refractivity contribution in [3.63, 3.8) is 0 Å². The maximum absolute atomic E-state index is 13.1. The van der Waals surface area contributed by atoms with Gasteiger partial charge in [0, 0.05) is 4.88 Å². The van der Waals surface area contributed by atoms with Gasteiger partial charge in [-0.3, -0.25) is 9.59 Å². The Kier molecular flexibility index (Phi) is 5.48.